The summed E-state index contributed by atoms with van der Waals surface area (Å²) in [5.41, 5.74) is 4.18. The van der Waals surface area contributed by atoms with Crippen molar-refractivity contribution in [2.75, 3.05) is 6.54 Å². The van der Waals surface area contributed by atoms with Gasteiger partial charge in [0.15, 0.2) is 0 Å². The number of aryl methyl sites for hydroxylation is 1. The van der Waals surface area contributed by atoms with Crippen LogP contribution in [0.15, 0.2) is 54.6 Å². The summed E-state index contributed by atoms with van der Waals surface area (Å²) in [5.74, 6) is 1.21. The largest absolute Gasteiger partial charge is 0.312 e. The minimum absolute atomic E-state index is 0.570. The molecule has 0 heterocycles. The average Bonchev–Trinajstić information content (AvgIpc) is 2.46. The lowest BCUT2D eigenvalue weighted by Gasteiger charge is -2.22. The third-order valence-corrected chi connectivity index (χ3v) is 3.97. The molecule has 0 saturated heterocycles. The first-order valence-electron chi connectivity index (χ1n) is 7.48. The molecule has 0 spiro atoms. The van der Waals surface area contributed by atoms with Crippen LogP contribution in [0.3, 0.4) is 0 Å². The molecule has 2 aromatic carbocycles. The van der Waals surface area contributed by atoms with Crippen LogP contribution in [0.5, 0.6) is 0 Å². The number of nitrogens with one attached hydrogen (secondary N) is 1. The molecular formula is C19H25N. The van der Waals surface area contributed by atoms with E-state index >= 15 is 0 Å². The Balaban J connectivity index is 1.95. The molecule has 0 aromatic heterocycles. The Morgan fingerprint density at radius 1 is 0.900 bits per heavy atom. The molecule has 1 atom stereocenters. The molecule has 2 aromatic rings. The van der Waals surface area contributed by atoms with Crippen molar-refractivity contribution in [2.45, 2.75) is 33.2 Å². The molecule has 0 fully saturated rings. The maximum absolute atomic E-state index is 3.62. The molecule has 0 aliphatic heterocycles. The number of hydrogen-bond donors (Lipinski definition) is 1. The summed E-state index contributed by atoms with van der Waals surface area (Å²) in [6.07, 6.45) is 0. The van der Waals surface area contributed by atoms with Gasteiger partial charge in [-0.25, -0.2) is 0 Å². The van der Waals surface area contributed by atoms with E-state index in [4.69, 9.17) is 0 Å². The third-order valence-electron chi connectivity index (χ3n) is 3.97. The molecule has 1 N–H and O–H groups in total. The van der Waals surface area contributed by atoms with Crippen LogP contribution < -0.4 is 5.32 Å². The lowest BCUT2D eigenvalue weighted by atomic mass is 9.88. The lowest BCUT2D eigenvalue weighted by molar-refractivity contribution is 0.461. The molecule has 20 heavy (non-hydrogen) atoms. The molecule has 0 saturated carbocycles. The molecule has 106 valence electrons. The highest BCUT2D eigenvalue weighted by atomic mass is 14.9. The fraction of sp³-hybridized carbons (Fsp3) is 0.368. The molecule has 1 nitrogen and oxygen atoms in total. The van der Waals surface area contributed by atoms with Gasteiger partial charge in [-0.1, -0.05) is 68.4 Å². The van der Waals surface area contributed by atoms with Gasteiger partial charge in [-0.2, -0.15) is 0 Å². The molecule has 1 heteroatoms. The van der Waals surface area contributed by atoms with Gasteiger partial charge in [0.1, 0.15) is 0 Å². The van der Waals surface area contributed by atoms with Crippen LogP contribution in [-0.4, -0.2) is 6.54 Å². The van der Waals surface area contributed by atoms with E-state index in [0.717, 1.165) is 13.1 Å². The smallest absolute Gasteiger partial charge is 0.0208 e. The Morgan fingerprint density at radius 2 is 1.55 bits per heavy atom. The van der Waals surface area contributed by atoms with Gasteiger partial charge in [-0.15, -0.1) is 0 Å². The van der Waals surface area contributed by atoms with E-state index in [1.807, 2.05) is 0 Å². The first-order valence-corrected chi connectivity index (χ1v) is 7.48. The van der Waals surface area contributed by atoms with Crippen molar-refractivity contribution in [3.05, 3.63) is 71.3 Å². The van der Waals surface area contributed by atoms with Gasteiger partial charge in [-0.3, -0.25) is 0 Å². The molecule has 2 rings (SSSR count). The van der Waals surface area contributed by atoms with Gasteiger partial charge < -0.3 is 5.32 Å². The molecule has 0 bridgehead atoms. The van der Waals surface area contributed by atoms with E-state index in [9.17, 15) is 0 Å². The minimum atomic E-state index is 0.570. The minimum Gasteiger partial charge on any atom is -0.312 e. The van der Waals surface area contributed by atoms with E-state index < -0.39 is 0 Å². The van der Waals surface area contributed by atoms with Crippen molar-refractivity contribution in [3.8, 4) is 0 Å². The second-order valence-corrected chi connectivity index (χ2v) is 5.82. The Bertz CT molecular complexity index is 516. The zero-order valence-corrected chi connectivity index (χ0v) is 12.8. The van der Waals surface area contributed by atoms with Crippen LogP contribution in [0.1, 0.15) is 36.5 Å². The predicted molar refractivity (Wildman–Crippen MR) is 86.9 cm³/mol. The van der Waals surface area contributed by atoms with E-state index in [-0.39, 0.29) is 0 Å². The molecule has 1 unspecified atom stereocenters. The number of rotatable bonds is 6. The normalized spacial score (nSPS) is 12.6. The zero-order valence-electron chi connectivity index (χ0n) is 12.8. The maximum atomic E-state index is 3.62. The highest BCUT2D eigenvalue weighted by Crippen LogP contribution is 2.23. The van der Waals surface area contributed by atoms with E-state index in [1.165, 1.54) is 16.7 Å². The Kier molecular flexibility index (Phi) is 5.37. The van der Waals surface area contributed by atoms with Crippen molar-refractivity contribution < 1.29 is 0 Å². The molecule has 0 aliphatic rings. The first-order chi connectivity index (χ1) is 9.68. The lowest BCUT2D eigenvalue weighted by Crippen LogP contribution is -2.24. The first kappa shape index (κ1) is 14.8. The maximum Gasteiger partial charge on any atom is 0.0208 e. The fourth-order valence-electron chi connectivity index (χ4n) is 2.61. The Morgan fingerprint density at radius 3 is 2.20 bits per heavy atom. The topological polar surface area (TPSA) is 12.0 Å². The second-order valence-electron chi connectivity index (χ2n) is 5.82. The monoisotopic (exact) mass is 267 g/mol. The quantitative estimate of drug-likeness (QED) is 0.811. The summed E-state index contributed by atoms with van der Waals surface area (Å²) in [6, 6.07) is 19.4. The van der Waals surface area contributed by atoms with E-state index in [1.54, 1.807) is 0 Å². The Hall–Kier alpha value is -1.60. The number of benzene rings is 2. The summed E-state index contributed by atoms with van der Waals surface area (Å²) in [4.78, 5) is 0. The van der Waals surface area contributed by atoms with Crippen LogP contribution in [-0.2, 0) is 6.54 Å². The third kappa shape index (κ3) is 3.94. The average molecular weight is 267 g/mol. The van der Waals surface area contributed by atoms with Gasteiger partial charge in [0.05, 0.1) is 0 Å². The van der Waals surface area contributed by atoms with Gasteiger partial charge in [0, 0.05) is 13.1 Å². The molecular weight excluding hydrogens is 242 g/mol. The van der Waals surface area contributed by atoms with Crippen LogP contribution >= 0.6 is 0 Å². The van der Waals surface area contributed by atoms with Gasteiger partial charge in [0.25, 0.3) is 0 Å². The summed E-state index contributed by atoms with van der Waals surface area (Å²) in [7, 11) is 0. The highest BCUT2D eigenvalue weighted by molar-refractivity contribution is 5.25. The van der Waals surface area contributed by atoms with E-state index in [2.05, 4.69) is 80.7 Å². The zero-order chi connectivity index (χ0) is 14.4. The summed E-state index contributed by atoms with van der Waals surface area (Å²) < 4.78 is 0. The van der Waals surface area contributed by atoms with Gasteiger partial charge in [0.2, 0.25) is 0 Å². The number of hydrogen-bond acceptors (Lipinski definition) is 1. The SMILES string of the molecule is Cc1ccccc1CNCC(c1ccccc1)C(C)C. The summed E-state index contributed by atoms with van der Waals surface area (Å²) in [5, 5.41) is 3.62. The van der Waals surface area contributed by atoms with Crippen LogP contribution in [0.2, 0.25) is 0 Å². The highest BCUT2D eigenvalue weighted by Gasteiger charge is 2.14. The summed E-state index contributed by atoms with van der Waals surface area (Å²) in [6.45, 7) is 8.74. The standard InChI is InChI=1S/C19H25N/c1-15(2)19(17-10-5-4-6-11-17)14-20-13-18-12-8-7-9-16(18)3/h4-12,15,19-20H,13-14H2,1-3H3. The molecule has 0 amide bonds. The summed E-state index contributed by atoms with van der Waals surface area (Å²) >= 11 is 0. The van der Waals surface area contributed by atoms with Gasteiger partial charge in [-0.05, 0) is 35.4 Å². The van der Waals surface area contributed by atoms with Crippen LogP contribution in [0.25, 0.3) is 0 Å². The van der Waals surface area contributed by atoms with Gasteiger partial charge >= 0.3 is 0 Å². The molecule has 0 radical (unpaired) electrons. The van der Waals surface area contributed by atoms with E-state index in [0.29, 0.717) is 11.8 Å². The second kappa shape index (κ2) is 7.25. The molecule has 0 aliphatic carbocycles. The van der Waals surface area contributed by atoms with Crippen molar-refractivity contribution in [1.82, 2.24) is 5.32 Å². The fourth-order valence-corrected chi connectivity index (χ4v) is 2.61. The van der Waals surface area contributed by atoms with Crippen molar-refractivity contribution in [3.63, 3.8) is 0 Å². The van der Waals surface area contributed by atoms with Crippen LogP contribution in [0.4, 0.5) is 0 Å². The van der Waals surface area contributed by atoms with Crippen LogP contribution in [0, 0.1) is 12.8 Å². The Labute approximate surface area is 123 Å². The van der Waals surface area contributed by atoms with Crippen molar-refractivity contribution in [2.24, 2.45) is 5.92 Å². The van der Waals surface area contributed by atoms with Crippen molar-refractivity contribution in [1.29, 1.82) is 0 Å². The predicted octanol–water partition coefficient (Wildman–Crippen LogP) is 4.52. The van der Waals surface area contributed by atoms with Crippen molar-refractivity contribution >= 4 is 0 Å².